The number of anilines is 1. The molecule has 1 N–H and O–H groups in total. The summed E-state index contributed by atoms with van der Waals surface area (Å²) in [5, 5.41) is 2.83. The number of halogens is 1. The molecule has 0 heterocycles. The molecule has 21 heavy (non-hydrogen) atoms. The maximum absolute atomic E-state index is 13.7. The van der Waals surface area contributed by atoms with Crippen molar-refractivity contribution in [2.45, 2.75) is 19.1 Å². The summed E-state index contributed by atoms with van der Waals surface area (Å²) in [5.74, 6) is -0.293. The number of thioether (sulfide) groups is 1. The first-order valence-corrected chi connectivity index (χ1v) is 7.83. The Morgan fingerprint density at radius 2 is 1.95 bits per heavy atom. The second-order valence-corrected chi connectivity index (χ2v) is 6.22. The van der Waals surface area contributed by atoms with Crippen molar-refractivity contribution < 1.29 is 9.18 Å². The van der Waals surface area contributed by atoms with Crippen LogP contribution in [-0.2, 0) is 4.79 Å². The average Bonchev–Trinajstić information content (AvgIpc) is 2.48. The standard InChI is InChI=1S/C17H18FNOS/c1-12-8-9-16(15(18)10-12)19-17(20)11-21-13(2)14-6-4-3-5-7-14/h3-10,13H,11H2,1-2H3,(H,19,20)/t13-/m0/s1. The summed E-state index contributed by atoms with van der Waals surface area (Å²) in [5.41, 5.74) is 2.24. The third kappa shape index (κ3) is 4.60. The smallest absolute Gasteiger partial charge is 0.234 e. The van der Waals surface area contributed by atoms with Gasteiger partial charge in [-0.2, -0.15) is 0 Å². The topological polar surface area (TPSA) is 29.1 Å². The van der Waals surface area contributed by atoms with Gasteiger partial charge in [-0.05, 0) is 37.1 Å². The SMILES string of the molecule is Cc1ccc(NC(=O)CS[C@@H](C)c2ccccc2)c(F)c1. The molecule has 2 aromatic rings. The zero-order valence-electron chi connectivity index (χ0n) is 12.1. The molecule has 0 spiro atoms. The minimum absolute atomic E-state index is 0.189. The third-order valence-electron chi connectivity index (χ3n) is 3.13. The number of carbonyl (C=O) groups is 1. The van der Waals surface area contributed by atoms with Crippen molar-refractivity contribution in [2.24, 2.45) is 0 Å². The molecule has 2 rings (SSSR count). The molecule has 0 saturated carbocycles. The van der Waals surface area contributed by atoms with E-state index in [0.717, 1.165) is 5.56 Å². The van der Waals surface area contributed by atoms with E-state index in [-0.39, 0.29) is 16.8 Å². The van der Waals surface area contributed by atoms with Crippen molar-refractivity contribution in [3.8, 4) is 0 Å². The Balaban J connectivity index is 1.87. The van der Waals surface area contributed by atoms with E-state index in [1.165, 1.54) is 23.4 Å². The van der Waals surface area contributed by atoms with Gasteiger partial charge in [-0.25, -0.2) is 4.39 Å². The van der Waals surface area contributed by atoms with Crippen molar-refractivity contribution in [1.29, 1.82) is 0 Å². The number of rotatable bonds is 5. The van der Waals surface area contributed by atoms with E-state index in [1.807, 2.05) is 37.3 Å². The van der Waals surface area contributed by atoms with Crippen LogP contribution in [-0.4, -0.2) is 11.7 Å². The van der Waals surface area contributed by atoms with E-state index in [9.17, 15) is 9.18 Å². The summed E-state index contributed by atoms with van der Waals surface area (Å²) in [4.78, 5) is 11.9. The molecule has 110 valence electrons. The summed E-state index contributed by atoms with van der Waals surface area (Å²) in [6.07, 6.45) is 0. The molecule has 4 heteroatoms. The maximum atomic E-state index is 13.7. The molecule has 2 aromatic carbocycles. The van der Waals surface area contributed by atoms with E-state index in [0.29, 0.717) is 5.75 Å². The molecule has 1 atom stereocenters. The van der Waals surface area contributed by atoms with Gasteiger partial charge >= 0.3 is 0 Å². The van der Waals surface area contributed by atoms with E-state index in [1.54, 1.807) is 12.1 Å². The Bertz CT molecular complexity index is 615. The predicted octanol–water partition coefficient (Wildman–Crippen LogP) is 4.57. The second kappa shape index (κ2) is 7.27. The molecular weight excluding hydrogens is 285 g/mol. The van der Waals surface area contributed by atoms with Crippen molar-refractivity contribution in [3.05, 3.63) is 65.5 Å². The summed E-state index contributed by atoms with van der Waals surface area (Å²) in [6.45, 7) is 3.87. The minimum atomic E-state index is -0.399. The zero-order valence-corrected chi connectivity index (χ0v) is 12.9. The lowest BCUT2D eigenvalue weighted by atomic mass is 10.2. The van der Waals surface area contributed by atoms with Crippen molar-refractivity contribution >= 4 is 23.4 Å². The lowest BCUT2D eigenvalue weighted by Crippen LogP contribution is -2.15. The lowest BCUT2D eigenvalue weighted by molar-refractivity contribution is -0.113. The first-order valence-electron chi connectivity index (χ1n) is 6.79. The Hall–Kier alpha value is -1.81. The molecule has 0 aliphatic carbocycles. The Morgan fingerprint density at radius 1 is 1.24 bits per heavy atom. The van der Waals surface area contributed by atoms with Gasteiger partial charge < -0.3 is 5.32 Å². The highest BCUT2D eigenvalue weighted by Gasteiger charge is 2.11. The Kier molecular flexibility index (Phi) is 5.39. The molecule has 0 fully saturated rings. The summed E-state index contributed by atoms with van der Waals surface area (Å²) < 4.78 is 13.7. The van der Waals surface area contributed by atoms with Crippen LogP contribution in [0.2, 0.25) is 0 Å². The molecule has 2 nitrogen and oxygen atoms in total. The van der Waals surface area contributed by atoms with Crippen molar-refractivity contribution in [1.82, 2.24) is 0 Å². The van der Waals surface area contributed by atoms with E-state index >= 15 is 0 Å². The molecule has 0 radical (unpaired) electrons. The van der Waals surface area contributed by atoms with Crippen LogP contribution >= 0.6 is 11.8 Å². The van der Waals surface area contributed by atoms with E-state index < -0.39 is 5.82 Å². The highest BCUT2D eigenvalue weighted by atomic mass is 32.2. The minimum Gasteiger partial charge on any atom is -0.323 e. The van der Waals surface area contributed by atoms with Crippen molar-refractivity contribution in [3.63, 3.8) is 0 Å². The number of benzene rings is 2. The molecule has 0 aromatic heterocycles. The maximum Gasteiger partial charge on any atom is 0.234 e. The summed E-state index contributed by atoms with van der Waals surface area (Å²) >= 11 is 1.53. The molecule has 0 saturated heterocycles. The van der Waals surface area contributed by atoms with E-state index in [4.69, 9.17) is 0 Å². The summed E-state index contributed by atoms with van der Waals surface area (Å²) in [6, 6.07) is 14.8. The molecule has 0 bridgehead atoms. The van der Waals surface area contributed by atoms with Crippen LogP contribution in [0.1, 0.15) is 23.3 Å². The molecular formula is C17H18FNOS. The van der Waals surface area contributed by atoms with Crippen LogP contribution in [0.25, 0.3) is 0 Å². The number of carbonyl (C=O) groups excluding carboxylic acids is 1. The second-order valence-electron chi connectivity index (χ2n) is 4.90. The zero-order chi connectivity index (χ0) is 15.2. The number of nitrogens with one attached hydrogen (secondary N) is 1. The van der Waals surface area contributed by atoms with Gasteiger partial charge in [0.05, 0.1) is 11.4 Å². The molecule has 1 amide bonds. The first-order chi connectivity index (χ1) is 10.1. The van der Waals surface area contributed by atoms with Crippen LogP contribution in [0.4, 0.5) is 10.1 Å². The Labute approximate surface area is 128 Å². The lowest BCUT2D eigenvalue weighted by Gasteiger charge is -2.12. The first kappa shape index (κ1) is 15.6. The van der Waals surface area contributed by atoms with Gasteiger partial charge in [-0.1, -0.05) is 36.4 Å². The van der Waals surface area contributed by atoms with Crippen LogP contribution in [0.5, 0.6) is 0 Å². The average molecular weight is 303 g/mol. The van der Waals surface area contributed by atoms with Gasteiger partial charge in [0.1, 0.15) is 5.82 Å². The fourth-order valence-corrected chi connectivity index (χ4v) is 2.75. The van der Waals surface area contributed by atoms with Gasteiger partial charge in [0.25, 0.3) is 0 Å². The van der Waals surface area contributed by atoms with Gasteiger partial charge in [0.2, 0.25) is 5.91 Å². The highest BCUT2D eigenvalue weighted by molar-refractivity contribution is 8.00. The molecule has 0 unspecified atom stereocenters. The number of amides is 1. The van der Waals surface area contributed by atoms with Gasteiger partial charge in [-0.3, -0.25) is 4.79 Å². The highest BCUT2D eigenvalue weighted by Crippen LogP contribution is 2.27. The monoisotopic (exact) mass is 303 g/mol. The number of hydrogen-bond acceptors (Lipinski definition) is 2. The largest absolute Gasteiger partial charge is 0.323 e. The van der Waals surface area contributed by atoms with Gasteiger partial charge in [0, 0.05) is 5.25 Å². The third-order valence-corrected chi connectivity index (χ3v) is 4.33. The van der Waals surface area contributed by atoms with Gasteiger partial charge in [0.15, 0.2) is 0 Å². The number of hydrogen-bond donors (Lipinski definition) is 1. The summed E-state index contributed by atoms with van der Waals surface area (Å²) in [7, 11) is 0. The molecule has 0 aliphatic heterocycles. The predicted molar refractivity (Wildman–Crippen MR) is 87.1 cm³/mol. The fraction of sp³-hybridized carbons (Fsp3) is 0.235. The van der Waals surface area contributed by atoms with E-state index in [2.05, 4.69) is 12.2 Å². The van der Waals surface area contributed by atoms with Crippen LogP contribution < -0.4 is 5.32 Å². The fourth-order valence-electron chi connectivity index (χ4n) is 1.93. The quantitative estimate of drug-likeness (QED) is 0.877. The van der Waals surface area contributed by atoms with Gasteiger partial charge in [-0.15, -0.1) is 11.8 Å². The molecule has 0 aliphatic rings. The van der Waals surface area contributed by atoms with Crippen LogP contribution in [0.3, 0.4) is 0 Å². The normalized spacial score (nSPS) is 12.0. The van der Waals surface area contributed by atoms with Crippen molar-refractivity contribution in [2.75, 3.05) is 11.1 Å². The number of aryl methyl sites for hydroxylation is 1. The van der Waals surface area contributed by atoms with Crippen LogP contribution in [0.15, 0.2) is 48.5 Å². The Morgan fingerprint density at radius 3 is 2.62 bits per heavy atom. The van der Waals surface area contributed by atoms with Crippen LogP contribution in [0, 0.1) is 12.7 Å².